The fraction of sp³-hybridized carbons (Fsp3) is 0. The van der Waals surface area contributed by atoms with Gasteiger partial charge in [-0.15, -0.1) is 0 Å². The van der Waals surface area contributed by atoms with Gasteiger partial charge in [0.2, 0.25) is 0 Å². The van der Waals surface area contributed by atoms with Crippen molar-refractivity contribution in [3.05, 3.63) is 0 Å². The van der Waals surface area contributed by atoms with Crippen LogP contribution in [0.1, 0.15) is 0 Å². The van der Waals surface area contributed by atoms with Crippen LogP contribution in [0.5, 0.6) is 0 Å². The van der Waals surface area contributed by atoms with Crippen molar-refractivity contribution in [2.75, 3.05) is 0 Å². The number of quaternary nitrogens is 2. The monoisotopic (exact) mass is 348 g/mol. The summed E-state index contributed by atoms with van der Waals surface area (Å²) in [5.41, 5.74) is 0. The first kappa shape index (κ1) is 15.9. The molecule has 0 saturated carbocycles. The van der Waals surface area contributed by atoms with Crippen LogP contribution >= 0.6 is 19.6 Å². The zero-order valence-electron chi connectivity index (χ0n) is 4.04. The van der Waals surface area contributed by atoms with Crippen LogP contribution in [-0.4, -0.2) is 0 Å². The van der Waals surface area contributed by atoms with Crippen molar-refractivity contribution in [3.63, 3.8) is 0 Å². The third kappa shape index (κ3) is 83.8. The second-order valence-corrected chi connectivity index (χ2v) is 30.1. The maximum atomic E-state index is 4.48. The molecule has 0 amide bonds. The van der Waals surface area contributed by atoms with Gasteiger partial charge in [0, 0.05) is 0 Å². The van der Waals surface area contributed by atoms with Crippen molar-refractivity contribution >= 4 is 40.3 Å². The van der Waals surface area contributed by atoms with E-state index < -0.39 is 9.86 Å². The summed E-state index contributed by atoms with van der Waals surface area (Å²) in [6.45, 7) is 0. The summed E-state index contributed by atoms with van der Waals surface area (Å²) in [5.74, 6) is 0. The average molecular weight is 348 g/mol. The van der Waals surface area contributed by atoms with Crippen molar-refractivity contribution in [1.29, 1.82) is 0 Å². The van der Waals surface area contributed by atoms with Crippen LogP contribution in [0.3, 0.4) is 0 Å². The molecule has 0 aromatic carbocycles. The van der Waals surface area contributed by atoms with E-state index in [1.807, 2.05) is 0 Å². The second kappa shape index (κ2) is 5.88. The van der Waals surface area contributed by atoms with E-state index in [1.165, 1.54) is 0 Å². The van der Waals surface area contributed by atoms with Crippen LogP contribution in [0.4, 0.5) is 0 Å². The molecule has 0 radical (unpaired) electrons. The number of rotatable bonds is 0. The van der Waals surface area contributed by atoms with E-state index in [-0.39, 0.29) is 12.3 Å². The molecule has 0 rings (SSSR count). The van der Waals surface area contributed by atoms with E-state index in [2.05, 4.69) is 40.3 Å². The SMILES string of the molecule is [NH4+].[NH4+].[S]=[W](=[S])([S-])[S-]. The van der Waals surface area contributed by atoms with E-state index in [0.717, 1.165) is 0 Å². The molecule has 0 atom stereocenters. The number of hydrogen-bond acceptors (Lipinski definition) is 4. The van der Waals surface area contributed by atoms with E-state index >= 15 is 0 Å². The Morgan fingerprint density at radius 2 is 1.00 bits per heavy atom. The Balaban J connectivity index is -0.0000000800. The Bertz CT molecular complexity index is 92.9. The molecule has 7 heavy (non-hydrogen) atoms. The van der Waals surface area contributed by atoms with Crippen molar-refractivity contribution in [2.24, 2.45) is 0 Å². The zero-order valence-corrected chi connectivity index (χ0v) is 10.2. The predicted octanol–water partition coefficient (Wildman–Crippen LogP) is 2.04. The zero-order chi connectivity index (χ0) is 4.50. The molecule has 8 N–H and O–H groups in total. The average Bonchev–Trinajstić information content (AvgIpc) is 0.722. The van der Waals surface area contributed by atoms with Crippen LogP contribution in [0, 0.1) is 0 Å². The minimum atomic E-state index is -2.83. The molecule has 0 aliphatic heterocycles. The summed E-state index contributed by atoms with van der Waals surface area (Å²) in [5, 5.41) is 0. The number of hydrogen-bond donors (Lipinski definition) is 2. The molecule has 0 aromatic heterocycles. The normalized spacial score (nSPS) is 8.29. The fourth-order valence-corrected chi connectivity index (χ4v) is 0. The topological polar surface area (TPSA) is 73.0 Å². The Labute approximate surface area is 61.9 Å². The van der Waals surface area contributed by atoms with Gasteiger partial charge in [-0.05, 0) is 0 Å². The van der Waals surface area contributed by atoms with Gasteiger partial charge in [-0.2, -0.15) is 0 Å². The first-order valence-corrected chi connectivity index (χ1v) is 16.4. The van der Waals surface area contributed by atoms with Crippen molar-refractivity contribution < 1.29 is 9.86 Å². The molecule has 0 aliphatic carbocycles. The van der Waals surface area contributed by atoms with Crippen molar-refractivity contribution in [1.82, 2.24) is 12.3 Å². The van der Waals surface area contributed by atoms with E-state index in [0.29, 0.717) is 0 Å². The maximum absolute atomic E-state index is 4.48. The third-order valence-corrected chi connectivity index (χ3v) is 0. The Morgan fingerprint density at radius 3 is 1.00 bits per heavy atom. The van der Waals surface area contributed by atoms with Crippen molar-refractivity contribution in [2.45, 2.75) is 0 Å². The van der Waals surface area contributed by atoms with Gasteiger partial charge >= 0.3 is 50.2 Å². The summed E-state index contributed by atoms with van der Waals surface area (Å²) >= 11 is 0. The van der Waals surface area contributed by atoms with Gasteiger partial charge in [0.1, 0.15) is 0 Å². The predicted molar refractivity (Wildman–Crippen MR) is 41.9 cm³/mol. The summed E-state index contributed by atoms with van der Waals surface area (Å²) in [7, 11) is 15.1. The fourth-order valence-electron chi connectivity index (χ4n) is 0. The summed E-state index contributed by atoms with van der Waals surface area (Å²) in [6, 6.07) is 0. The van der Waals surface area contributed by atoms with Crippen LogP contribution < -0.4 is 12.3 Å². The van der Waals surface area contributed by atoms with Crippen LogP contribution in [0.25, 0.3) is 0 Å². The molecule has 0 aromatic rings. The molecule has 0 spiro atoms. The summed E-state index contributed by atoms with van der Waals surface area (Å²) in [4.78, 5) is 0. The van der Waals surface area contributed by atoms with E-state index in [1.54, 1.807) is 0 Å². The Kier molecular flexibility index (Phi) is 13.3. The van der Waals surface area contributed by atoms with Gasteiger partial charge in [0.25, 0.3) is 0 Å². The van der Waals surface area contributed by atoms with Gasteiger partial charge < -0.3 is 12.3 Å². The molecule has 0 aliphatic rings. The quantitative estimate of drug-likeness (QED) is 0.657. The molecular weight excluding hydrogens is 340 g/mol. The molecule has 0 saturated heterocycles. The molecule has 0 unspecified atom stereocenters. The molecule has 7 heteroatoms. The van der Waals surface area contributed by atoms with Crippen LogP contribution in [-0.2, 0) is 30.5 Å². The molecule has 0 fully saturated rings. The third-order valence-electron chi connectivity index (χ3n) is 0. The van der Waals surface area contributed by atoms with Gasteiger partial charge in [-0.25, -0.2) is 0 Å². The summed E-state index contributed by atoms with van der Waals surface area (Å²) in [6.07, 6.45) is 0. The molecule has 0 heterocycles. The van der Waals surface area contributed by atoms with Crippen molar-refractivity contribution in [3.8, 4) is 0 Å². The molecular formula is H8N2S4W. The Hall–Kier alpha value is 1.75. The van der Waals surface area contributed by atoms with Gasteiger partial charge in [0.15, 0.2) is 0 Å². The second-order valence-electron chi connectivity index (χ2n) is 0.408. The van der Waals surface area contributed by atoms with Gasteiger partial charge in [0.05, 0.1) is 0 Å². The van der Waals surface area contributed by atoms with E-state index in [9.17, 15) is 0 Å². The first-order valence-electron chi connectivity index (χ1n) is 0.667. The van der Waals surface area contributed by atoms with Crippen LogP contribution in [0.15, 0.2) is 0 Å². The molecule has 2 nitrogen and oxygen atoms in total. The molecule has 48 valence electrons. The first-order chi connectivity index (χ1) is 2.00. The standard InChI is InChI=1S/2H3N.4S.W/h2*1H3;;;;;/q;;;;2*-1;/p+2. The summed E-state index contributed by atoms with van der Waals surface area (Å²) < 4.78 is 0. The molecule has 0 bridgehead atoms. The van der Waals surface area contributed by atoms with E-state index in [4.69, 9.17) is 0 Å². The Morgan fingerprint density at radius 1 is 1.00 bits per heavy atom. The van der Waals surface area contributed by atoms with Gasteiger partial charge in [-0.1, -0.05) is 0 Å². The van der Waals surface area contributed by atoms with Crippen LogP contribution in [0.2, 0.25) is 0 Å². The minimum absolute atomic E-state index is 0. The van der Waals surface area contributed by atoms with Gasteiger partial charge in [-0.3, -0.25) is 0 Å².